The summed E-state index contributed by atoms with van der Waals surface area (Å²) in [7, 11) is 0. The van der Waals surface area contributed by atoms with Gasteiger partial charge < -0.3 is 15.8 Å². The Morgan fingerprint density at radius 3 is 2.46 bits per heavy atom. The number of hydrogen-bond donors (Lipinski definition) is 2. The van der Waals surface area contributed by atoms with E-state index in [0.717, 1.165) is 12.0 Å². The van der Waals surface area contributed by atoms with Crippen LogP contribution in [-0.2, 0) is 11.3 Å². The fraction of sp³-hybridized carbons (Fsp3) is 0.579. The smallest absolute Gasteiger partial charge is 0.338 e. The predicted molar refractivity (Wildman–Crippen MR) is 91.2 cm³/mol. The average molecular weight is 330 g/mol. The molecule has 4 atom stereocenters. The number of rotatable bonds is 4. The summed E-state index contributed by atoms with van der Waals surface area (Å²) in [6.45, 7) is 7.22. The second-order valence-corrected chi connectivity index (χ2v) is 7.81. The molecule has 24 heavy (non-hydrogen) atoms. The summed E-state index contributed by atoms with van der Waals surface area (Å²) in [6.07, 6.45) is 2.26. The Morgan fingerprint density at radius 2 is 1.92 bits per heavy atom. The third-order valence-corrected chi connectivity index (χ3v) is 6.20. The number of fused-ring (bicyclic) bond motifs is 2. The molecular weight excluding hydrogens is 304 g/mol. The molecule has 3 N–H and O–H groups in total. The number of primary amides is 1. The first kappa shape index (κ1) is 16.8. The average Bonchev–Trinajstić information content (AvgIpc) is 2.54. The van der Waals surface area contributed by atoms with Crippen molar-refractivity contribution in [1.82, 2.24) is 5.32 Å². The molecule has 3 saturated carbocycles. The highest BCUT2D eigenvalue weighted by Gasteiger charge is 2.57. The Balaban J connectivity index is 1.58. The van der Waals surface area contributed by atoms with E-state index in [-0.39, 0.29) is 12.1 Å². The molecule has 3 aliphatic carbocycles. The van der Waals surface area contributed by atoms with Crippen LogP contribution in [0.1, 0.15) is 49.5 Å². The molecule has 0 radical (unpaired) electrons. The molecule has 4 rings (SSSR count). The molecule has 5 heteroatoms. The van der Waals surface area contributed by atoms with Crippen molar-refractivity contribution in [2.75, 3.05) is 0 Å². The van der Waals surface area contributed by atoms with Gasteiger partial charge in [0.25, 0.3) is 0 Å². The van der Waals surface area contributed by atoms with Gasteiger partial charge in [-0.3, -0.25) is 0 Å². The van der Waals surface area contributed by atoms with Gasteiger partial charge in [0, 0.05) is 6.54 Å². The van der Waals surface area contributed by atoms with Crippen molar-refractivity contribution >= 4 is 12.0 Å². The van der Waals surface area contributed by atoms with E-state index in [4.69, 9.17) is 10.5 Å². The number of carbonyl (C=O) groups is 2. The van der Waals surface area contributed by atoms with Crippen LogP contribution in [0.5, 0.6) is 0 Å². The van der Waals surface area contributed by atoms with Crippen LogP contribution >= 0.6 is 0 Å². The van der Waals surface area contributed by atoms with E-state index in [1.54, 1.807) is 24.3 Å². The summed E-state index contributed by atoms with van der Waals surface area (Å²) < 4.78 is 5.79. The molecule has 5 nitrogen and oxygen atoms in total. The van der Waals surface area contributed by atoms with E-state index in [9.17, 15) is 9.59 Å². The highest BCUT2D eigenvalue weighted by atomic mass is 16.5. The first-order valence-corrected chi connectivity index (χ1v) is 8.62. The van der Waals surface area contributed by atoms with Crippen LogP contribution in [0.25, 0.3) is 0 Å². The molecule has 2 bridgehead atoms. The van der Waals surface area contributed by atoms with Gasteiger partial charge in [0.2, 0.25) is 0 Å². The molecule has 0 saturated heterocycles. The van der Waals surface area contributed by atoms with Gasteiger partial charge in [0.15, 0.2) is 0 Å². The van der Waals surface area contributed by atoms with E-state index < -0.39 is 6.03 Å². The lowest BCUT2D eigenvalue weighted by atomic mass is 9.45. The minimum Gasteiger partial charge on any atom is -0.458 e. The molecule has 3 fully saturated rings. The molecule has 0 unspecified atom stereocenters. The standard InChI is InChI=1S/C19H26N2O3/c1-11-15-8-14(19(15,2)3)9-16(11)24-17(22)13-6-4-12(5-7-13)10-21-18(20)23/h4-7,11,14-16H,8-10H2,1-3H3,(H3,20,21,23)/t11-,14-,15-,16+/m1/s1. The molecular formula is C19H26N2O3. The molecule has 0 aliphatic heterocycles. The predicted octanol–water partition coefficient (Wildman–Crippen LogP) is 3.08. The van der Waals surface area contributed by atoms with Gasteiger partial charge in [-0.05, 0) is 53.7 Å². The number of esters is 1. The zero-order valence-electron chi connectivity index (χ0n) is 14.5. The van der Waals surface area contributed by atoms with E-state index in [0.29, 0.717) is 35.3 Å². The molecule has 0 spiro atoms. The zero-order valence-corrected chi connectivity index (χ0v) is 14.5. The molecule has 1 aromatic carbocycles. The number of hydrogen-bond acceptors (Lipinski definition) is 3. The number of urea groups is 1. The Labute approximate surface area is 142 Å². The van der Waals surface area contributed by atoms with Crippen LogP contribution in [0.3, 0.4) is 0 Å². The number of amides is 2. The maximum atomic E-state index is 12.4. The number of benzene rings is 1. The van der Waals surface area contributed by atoms with Gasteiger partial charge in [-0.25, -0.2) is 9.59 Å². The summed E-state index contributed by atoms with van der Waals surface area (Å²) in [5.41, 5.74) is 6.86. The molecule has 130 valence electrons. The first-order chi connectivity index (χ1) is 11.3. The molecule has 1 aromatic rings. The quantitative estimate of drug-likeness (QED) is 0.832. The number of nitrogens with one attached hydrogen (secondary N) is 1. The van der Waals surface area contributed by atoms with Gasteiger partial charge in [0.1, 0.15) is 6.10 Å². The SMILES string of the molecule is C[C@H]1[C@@H](OC(=O)c2ccc(CNC(N)=O)cc2)C[C@H]2C[C@H]1C2(C)C. The lowest BCUT2D eigenvalue weighted by molar-refractivity contribution is -0.156. The van der Waals surface area contributed by atoms with E-state index >= 15 is 0 Å². The number of carbonyl (C=O) groups excluding carboxylic acids is 2. The lowest BCUT2D eigenvalue weighted by Gasteiger charge is -2.61. The topological polar surface area (TPSA) is 81.4 Å². The van der Waals surface area contributed by atoms with Crippen molar-refractivity contribution in [2.45, 2.75) is 46.3 Å². The Kier molecular flexibility index (Phi) is 4.28. The summed E-state index contributed by atoms with van der Waals surface area (Å²) in [5.74, 6) is 1.46. The molecule has 0 heterocycles. The lowest BCUT2D eigenvalue weighted by Crippen LogP contribution is -2.57. The van der Waals surface area contributed by atoms with Gasteiger partial charge in [-0.15, -0.1) is 0 Å². The maximum Gasteiger partial charge on any atom is 0.338 e. The fourth-order valence-electron chi connectivity index (χ4n) is 4.41. The van der Waals surface area contributed by atoms with Crippen LogP contribution in [0.15, 0.2) is 24.3 Å². The van der Waals surface area contributed by atoms with Gasteiger partial charge in [-0.2, -0.15) is 0 Å². The zero-order chi connectivity index (χ0) is 17.5. The summed E-state index contributed by atoms with van der Waals surface area (Å²) in [6, 6.07) is 6.51. The van der Waals surface area contributed by atoms with Crippen LogP contribution in [0, 0.1) is 23.2 Å². The Morgan fingerprint density at radius 1 is 1.25 bits per heavy atom. The van der Waals surface area contributed by atoms with Gasteiger partial charge >= 0.3 is 12.0 Å². The fourth-order valence-corrected chi connectivity index (χ4v) is 4.41. The van der Waals surface area contributed by atoms with Crippen molar-refractivity contribution in [3.05, 3.63) is 35.4 Å². The van der Waals surface area contributed by atoms with Gasteiger partial charge in [-0.1, -0.05) is 32.9 Å². The maximum absolute atomic E-state index is 12.4. The van der Waals surface area contributed by atoms with Crippen LogP contribution in [0.4, 0.5) is 4.79 Å². The molecule has 3 aliphatic rings. The summed E-state index contributed by atoms with van der Waals surface area (Å²) >= 11 is 0. The Hall–Kier alpha value is -2.04. The Bertz CT molecular complexity index is 639. The van der Waals surface area contributed by atoms with Crippen LogP contribution < -0.4 is 11.1 Å². The van der Waals surface area contributed by atoms with E-state index in [1.807, 2.05) is 0 Å². The second-order valence-electron chi connectivity index (χ2n) is 7.81. The monoisotopic (exact) mass is 330 g/mol. The first-order valence-electron chi connectivity index (χ1n) is 8.62. The van der Waals surface area contributed by atoms with E-state index in [1.165, 1.54) is 6.42 Å². The number of ether oxygens (including phenoxy) is 1. The van der Waals surface area contributed by atoms with Crippen molar-refractivity contribution in [1.29, 1.82) is 0 Å². The number of nitrogens with two attached hydrogens (primary N) is 1. The highest BCUT2D eigenvalue weighted by molar-refractivity contribution is 5.89. The normalized spacial score (nSPS) is 30.1. The van der Waals surface area contributed by atoms with Crippen molar-refractivity contribution in [3.8, 4) is 0 Å². The van der Waals surface area contributed by atoms with Crippen molar-refractivity contribution < 1.29 is 14.3 Å². The van der Waals surface area contributed by atoms with Crippen molar-refractivity contribution in [3.63, 3.8) is 0 Å². The van der Waals surface area contributed by atoms with Crippen LogP contribution in [0.2, 0.25) is 0 Å². The minimum absolute atomic E-state index is 0.0190. The molecule has 0 aromatic heterocycles. The molecule has 2 amide bonds. The van der Waals surface area contributed by atoms with E-state index in [2.05, 4.69) is 26.1 Å². The third-order valence-electron chi connectivity index (χ3n) is 6.20. The minimum atomic E-state index is -0.564. The summed E-state index contributed by atoms with van der Waals surface area (Å²) in [5, 5.41) is 2.52. The summed E-state index contributed by atoms with van der Waals surface area (Å²) in [4.78, 5) is 23.1. The van der Waals surface area contributed by atoms with Gasteiger partial charge in [0.05, 0.1) is 5.56 Å². The highest BCUT2D eigenvalue weighted by Crippen LogP contribution is 2.61. The third kappa shape index (κ3) is 2.99. The van der Waals surface area contributed by atoms with Crippen LogP contribution in [-0.4, -0.2) is 18.1 Å². The second kappa shape index (κ2) is 6.11. The largest absolute Gasteiger partial charge is 0.458 e. The van der Waals surface area contributed by atoms with Crippen molar-refractivity contribution in [2.24, 2.45) is 28.9 Å².